The highest BCUT2D eigenvalue weighted by Crippen LogP contribution is 2.51. The Morgan fingerprint density at radius 1 is 1.03 bits per heavy atom. The monoisotopic (exact) mass is 520 g/mol. The summed E-state index contributed by atoms with van der Waals surface area (Å²) < 4.78 is 43.4. The van der Waals surface area contributed by atoms with E-state index in [1.165, 1.54) is 13.2 Å². The van der Waals surface area contributed by atoms with E-state index in [1.807, 2.05) is 6.07 Å². The molecule has 37 heavy (non-hydrogen) atoms. The van der Waals surface area contributed by atoms with Crippen LogP contribution in [0.4, 0.5) is 4.39 Å². The molecular formula is C28H37FO8. The van der Waals surface area contributed by atoms with Crippen molar-refractivity contribution < 1.29 is 43.1 Å². The average Bonchev–Trinajstić information content (AvgIpc) is 2.86. The Morgan fingerprint density at radius 3 is 2.30 bits per heavy atom. The number of methoxy groups -OCH3 is 2. The number of esters is 1. The van der Waals surface area contributed by atoms with E-state index in [1.54, 1.807) is 45.2 Å². The fraction of sp³-hybridized carbons (Fsp3) is 0.464. The van der Waals surface area contributed by atoms with Crippen molar-refractivity contribution in [2.75, 3.05) is 40.6 Å². The zero-order valence-electron chi connectivity index (χ0n) is 21.9. The van der Waals surface area contributed by atoms with Gasteiger partial charge in [-0.15, -0.1) is 6.58 Å². The molecule has 0 bridgehead atoms. The highest BCUT2D eigenvalue weighted by atomic mass is 19.1. The van der Waals surface area contributed by atoms with E-state index in [9.17, 15) is 15.0 Å². The SMILES string of the molecule is C=CC(O)CC(O)CC(=O)Oc1c(-c2ccccc2)c(OC)c(OCCOCCOC)c(F)c1C(C)C. The Hall–Kier alpha value is -2.98. The second-order valence-electron chi connectivity index (χ2n) is 8.64. The third-order valence-electron chi connectivity index (χ3n) is 5.49. The van der Waals surface area contributed by atoms with Crippen molar-refractivity contribution in [1.29, 1.82) is 0 Å². The van der Waals surface area contributed by atoms with Gasteiger partial charge in [0.15, 0.2) is 17.3 Å². The maximum Gasteiger partial charge on any atom is 0.313 e. The summed E-state index contributed by atoms with van der Waals surface area (Å²) in [7, 11) is 2.95. The van der Waals surface area contributed by atoms with Gasteiger partial charge in [-0.1, -0.05) is 50.3 Å². The van der Waals surface area contributed by atoms with E-state index >= 15 is 4.39 Å². The quantitative estimate of drug-likeness (QED) is 0.147. The minimum atomic E-state index is -1.17. The first-order valence-electron chi connectivity index (χ1n) is 12.1. The Morgan fingerprint density at radius 2 is 1.70 bits per heavy atom. The van der Waals surface area contributed by atoms with Gasteiger partial charge in [-0.2, -0.15) is 0 Å². The smallest absolute Gasteiger partial charge is 0.313 e. The molecule has 0 heterocycles. The molecule has 8 nitrogen and oxygen atoms in total. The summed E-state index contributed by atoms with van der Waals surface area (Å²) in [6.45, 7) is 8.05. The maximum absolute atomic E-state index is 15.9. The lowest BCUT2D eigenvalue weighted by Crippen LogP contribution is -2.23. The lowest BCUT2D eigenvalue weighted by atomic mass is 9.93. The highest BCUT2D eigenvalue weighted by Gasteiger charge is 2.31. The normalized spacial score (nSPS) is 12.8. The van der Waals surface area contributed by atoms with E-state index in [0.717, 1.165) is 0 Å². The van der Waals surface area contributed by atoms with E-state index in [4.69, 9.17) is 23.7 Å². The van der Waals surface area contributed by atoms with Gasteiger partial charge in [0.1, 0.15) is 12.4 Å². The number of carbonyl (C=O) groups is 1. The van der Waals surface area contributed by atoms with E-state index < -0.39 is 36.3 Å². The molecule has 0 aromatic heterocycles. The van der Waals surface area contributed by atoms with Crippen LogP contribution < -0.4 is 14.2 Å². The van der Waals surface area contributed by atoms with Gasteiger partial charge < -0.3 is 33.9 Å². The van der Waals surface area contributed by atoms with Crippen LogP contribution in [-0.2, 0) is 14.3 Å². The molecule has 2 aromatic rings. The average molecular weight is 521 g/mol. The lowest BCUT2D eigenvalue weighted by molar-refractivity contribution is -0.136. The Kier molecular flexibility index (Phi) is 12.5. The van der Waals surface area contributed by atoms with Crippen molar-refractivity contribution in [3.63, 3.8) is 0 Å². The van der Waals surface area contributed by atoms with Crippen molar-refractivity contribution in [2.45, 2.75) is 44.8 Å². The summed E-state index contributed by atoms with van der Waals surface area (Å²) in [4.78, 5) is 12.8. The van der Waals surface area contributed by atoms with Crippen molar-refractivity contribution >= 4 is 5.97 Å². The molecular weight excluding hydrogens is 483 g/mol. The highest BCUT2D eigenvalue weighted by molar-refractivity contribution is 5.85. The molecule has 0 amide bonds. The number of hydrogen-bond acceptors (Lipinski definition) is 8. The first-order valence-corrected chi connectivity index (χ1v) is 12.1. The molecule has 2 rings (SSSR count). The second kappa shape index (κ2) is 15.3. The predicted octanol–water partition coefficient (Wildman–Crippen LogP) is 4.26. The molecule has 0 aliphatic carbocycles. The molecule has 0 aliphatic rings. The third kappa shape index (κ3) is 8.53. The van der Waals surface area contributed by atoms with Gasteiger partial charge in [0.05, 0.1) is 51.1 Å². The first kappa shape index (κ1) is 30.2. The van der Waals surface area contributed by atoms with Crippen molar-refractivity contribution in [3.8, 4) is 28.4 Å². The molecule has 2 unspecified atom stereocenters. The summed E-state index contributed by atoms with van der Waals surface area (Å²) in [6.07, 6.45) is -1.37. The summed E-state index contributed by atoms with van der Waals surface area (Å²) in [5, 5.41) is 19.9. The van der Waals surface area contributed by atoms with Crippen LogP contribution in [0.5, 0.6) is 17.2 Å². The second-order valence-corrected chi connectivity index (χ2v) is 8.64. The number of aliphatic hydroxyl groups excluding tert-OH is 2. The Bertz CT molecular complexity index is 1010. The van der Waals surface area contributed by atoms with Gasteiger partial charge in [0.25, 0.3) is 0 Å². The zero-order chi connectivity index (χ0) is 27.4. The Labute approximate surface area is 217 Å². The van der Waals surface area contributed by atoms with Gasteiger partial charge in [-0.3, -0.25) is 4.79 Å². The fourth-order valence-electron chi connectivity index (χ4n) is 3.74. The molecule has 2 aromatic carbocycles. The number of benzene rings is 2. The van der Waals surface area contributed by atoms with Crippen molar-refractivity contribution in [2.24, 2.45) is 0 Å². The topological polar surface area (TPSA) is 104 Å². The van der Waals surface area contributed by atoms with E-state index in [2.05, 4.69) is 6.58 Å². The van der Waals surface area contributed by atoms with Crippen LogP contribution in [0.2, 0.25) is 0 Å². The van der Waals surface area contributed by atoms with E-state index in [-0.39, 0.29) is 42.4 Å². The van der Waals surface area contributed by atoms with Crippen LogP contribution in [0.25, 0.3) is 11.1 Å². The number of hydrogen-bond donors (Lipinski definition) is 2. The number of ether oxygens (including phenoxy) is 5. The van der Waals surface area contributed by atoms with Gasteiger partial charge in [0, 0.05) is 19.1 Å². The molecule has 0 radical (unpaired) electrons. The molecule has 0 saturated carbocycles. The standard InChI is InChI=1S/C28H37FO8/c1-6-20(30)16-21(31)17-22(32)37-26-23(18(2)3)25(29)28(36-15-14-35-13-12-33-4)27(34-5)24(26)19-10-8-7-9-11-19/h6-11,18,20-21,30-31H,1,12-17H2,2-5H3. The van der Waals surface area contributed by atoms with Crippen LogP contribution in [0.3, 0.4) is 0 Å². The van der Waals surface area contributed by atoms with Gasteiger partial charge in [0.2, 0.25) is 0 Å². The maximum atomic E-state index is 15.9. The summed E-state index contributed by atoms with van der Waals surface area (Å²) in [6, 6.07) is 8.98. The minimum Gasteiger partial charge on any atom is -0.492 e. The van der Waals surface area contributed by atoms with Crippen LogP contribution in [-0.4, -0.2) is 69.0 Å². The minimum absolute atomic E-state index is 0.0132. The van der Waals surface area contributed by atoms with Crippen LogP contribution >= 0.6 is 0 Å². The molecule has 0 aliphatic heterocycles. The number of aliphatic hydroxyl groups is 2. The summed E-state index contributed by atoms with van der Waals surface area (Å²) >= 11 is 0. The van der Waals surface area contributed by atoms with E-state index in [0.29, 0.717) is 24.3 Å². The number of carbonyl (C=O) groups excluding carboxylic acids is 1. The van der Waals surface area contributed by atoms with Crippen LogP contribution in [0.15, 0.2) is 43.0 Å². The largest absolute Gasteiger partial charge is 0.492 e. The first-order chi connectivity index (χ1) is 17.7. The molecule has 0 fully saturated rings. The number of rotatable bonds is 16. The lowest BCUT2D eigenvalue weighted by Gasteiger charge is -2.24. The summed E-state index contributed by atoms with van der Waals surface area (Å²) in [5.41, 5.74) is 1.09. The third-order valence-corrected chi connectivity index (χ3v) is 5.49. The van der Waals surface area contributed by atoms with Crippen LogP contribution in [0.1, 0.15) is 38.2 Å². The molecule has 2 atom stereocenters. The zero-order valence-corrected chi connectivity index (χ0v) is 21.9. The molecule has 204 valence electrons. The van der Waals surface area contributed by atoms with Crippen LogP contribution in [0, 0.1) is 5.82 Å². The predicted molar refractivity (Wildman–Crippen MR) is 138 cm³/mol. The summed E-state index contributed by atoms with van der Waals surface area (Å²) in [5.74, 6) is -1.96. The molecule has 9 heteroatoms. The van der Waals surface area contributed by atoms with Gasteiger partial charge >= 0.3 is 5.97 Å². The number of halogens is 1. The van der Waals surface area contributed by atoms with Crippen molar-refractivity contribution in [3.05, 3.63) is 54.4 Å². The fourth-order valence-corrected chi connectivity index (χ4v) is 3.74. The van der Waals surface area contributed by atoms with Gasteiger partial charge in [-0.05, 0) is 11.5 Å². The van der Waals surface area contributed by atoms with Crippen molar-refractivity contribution in [1.82, 2.24) is 0 Å². The Balaban J connectivity index is 2.53. The molecule has 0 spiro atoms. The molecule has 2 N–H and O–H groups in total. The molecule has 0 saturated heterocycles. The van der Waals surface area contributed by atoms with Gasteiger partial charge in [-0.25, -0.2) is 4.39 Å².